The topological polar surface area (TPSA) is 56.8 Å². The average molecular weight is 471 g/mol. The van der Waals surface area contributed by atoms with Crippen LogP contribution in [0.5, 0.6) is 5.75 Å². The Morgan fingerprint density at radius 2 is 1.41 bits per heavy atom. The molecule has 32 heavy (non-hydrogen) atoms. The van der Waals surface area contributed by atoms with E-state index in [2.05, 4.69) is 10.1 Å². The summed E-state index contributed by atoms with van der Waals surface area (Å²) in [4.78, 5) is 12.5. The first-order valence-corrected chi connectivity index (χ1v) is 8.74. The Kier molecular flexibility index (Phi) is 6.33. The Balaban J connectivity index is 1.68. The number of carbonyl (C=O) groups is 1. The number of halogens is 8. The SMILES string of the molecule is CC1(C(=O)Nc2ccc(OC(F)(F)F)cc2)COC(c2c(F)c(F)c(F)c(F)c2F)OC1. The molecule has 0 radical (unpaired) electrons. The molecule has 3 rings (SSSR count). The van der Waals surface area contributed by atoms with E-state index in [0.29, 0.717) is 0 Å². The minimum absolute atomic E-state index is 0.0904. The van der Waals surface area contributed by atoms with E-state index in [9.17, 15) is 39.9 Å². The number of alkyl halides is 3. The van der Waals surface area contributed by atoms with Crippen LogP contribution in [0, 0.1) is 34.5 Å². The summed E-state index contributed by atoms with van der Waals surface area (Å²) < 4.78 is 118. The number of hydrogen-bond acceptors (Lipinski definition) is 4. The lowest BCUT2D eigenvalue weighted by atomic mass is 9.90. The molecule has 2 aromatic rings. The summed E-state index contributed by atoms with van der Waals surface area (Å²) in [6.45, 7) is 0.273. The fourth-order valence-electron chi connectivity index (χ4n) is 2.76. The van der Waals surface area contributed by atoms with Gasteiger partial charge in [-0.3, -0.25) is 4.79 Å². The van der Waals surface area contributed by atoms with Gasteiger partial charge in [-0.2, -0.15) is 0 Å². The van der Waals surface area contributed by atoms with Gasteiger partial charge in [0.05, 0.1) is 24.2 Å². The lowest BCUT2D eigenvalue weighted by Gasteiger charge is -2.36. The number of hydrogen-bond donors (Lipinski definition) is 1. The summed E-state index contributed by atoms with van der Waals surface area (Å²) >= 11 is 0. The molecule has 1 amide bonds. The monoisotopic (exact) mass is 471 g/mol. The highest BCUT2D eigenvalue weighted by atomic mass is 19.4. The van der Waals surface area contributed by atoms with E-state index < -0.39 is 77.6 Å². The Morgan fingerprint density at radius 1 is 0.938 bits per heavy atom. The van der Waals surface area contributed by atoms with Crippen LogP contribution in [0.2, 0.25) is 0 Å². The van der Waals surface area contributed by atoms with Crippen molar-refractivity contribution in [2.75, 3.05) is 18.5 Å². The molecule has 1 N–H and O–H groups in total. The zero-order chi connectivity index (χ0) is 23.8. The van der Waals surface area contributed by atoms with Crippen molar-refractivity contribution in [3.05, 3.63) is 58.9 Å². The minimum atomic E-state index is -4.89. The molecule has 0 bridgehead atoms. The molecule has 1 aliphatic heterocycles. The van der Waals surface area contributed by atoms with E-state index in [1.165, 1.54) is 6.92 Å². The highest BCUT2D eigenvalue weighted by Crippen LogP contribution is 2.37. The summed E-state index contributed by atoms with van der Waals surface area (Å²) in [6.07, 6.45) is -6.85. The molecule has 1 aliphatic rings. The van der Waals surface area contributed by atoms with Crippen LogP contribution in [0.4, 0.5) is 40.8 Å². The zero-order valence-corrected chi connectivity index (χ0v) is 16.0. The number of ether oxygens (including phenoxy) is 3. The molecule has 5 nitrogen and oxygen atoms in total. The van der Waals surface area contributed by atoms with E-state index in [0.717, 1.165) is 24.3 Å². The van der Waals surface area contributed by atoms with Gasteiger partial charge >= 0.3 is 6.36 Å². The third-order valence-corrected chi connectivity index (χ3v) is 4.48. The molecule has 174 valence electrons. The number of rotatable bonds is 4. The minimum Gasteiger partial charge on any atom is -0.406 e. The molecule has 0 unspecified atom stereocenters. The van der Waals surface area contributed by atoms with E-state index in [1.54, 1.807) is 0 Å². The van der Waals surface area contributed by atoms with E-state index in [4.69, 9.17) is 9.47 Å². The van der Waals surface area contributed by atoms with Gasteiger partial charge in [0.2, 0.25) is 11.7 Å². The van der Waals surface area contributed by atoms with Gasteiger partial charge in [-0.15, -0.1) is 13.2 Å². The largest absolute Gasteiger partial charge is 0.573 e. The maximum atomic E-state index is 13.9. The molecular formula is C19H13F8NO4. The quantitative estimate of drug-likeness (QED) is 0.389. The first-order chi connectivity index (χ1) is 14.8. The second-order valence-electron chi connectivity index (χ2n) is 7.02. The van der Waals surface area contributed by atoms with Crippen LogP contribution >= 0.6 is 0 Å². The fraction of sp³-hybridized carbons (Fsp3) is 0.316. The van der Waals surface area contributed by atoms with Gasteiger partial charge in [0.15, 0.2) is 29.6 Å². The molecule has 1 saturated heterocycles. The van der Waals surface area contributed by atoms with Crippen LogP contribution in [0.1, 0.15) is 18.8 Å². The molecule has 0 saturated carbocycles. The van der Waals surface area contributed by atoms with Crippen LogP contribution in [0.15, 0.2) is 24.3 Å². The molecule has 0 atom stereocenters. The first-order valence-electron chi connectivity index (χ1n) is 8.74. The standard InChI is InChI=1S/C19H13F8NO4/c1-18(17(29)28-8-2-4-9(5-3-8)32-19(25,26)27)6-30-16(31-7-18)10-11(20)13(22)15(24)14(23)12(10)21/h2-5,16H,6-7H2,1H3,(H,28,29). The van der Waals surface area contributed by atoms with Crippen molar-refractivity contribution in [3.8, 4) is 5.75 Å². The highest BCUT2D eigenvalue weighted by Gasteiger charge is 2.42. The van der Waals surface area contributed by atoms with Crippen molar-refractivity contribution in [3.63, 3.8) is 0 Å². The third-order valence-electron chi connectivity index (χ3n) is 4.48. The van der Waals surface area contributed by atoms with Crippen molar-refractivity contribution in [2.45, 2.75) is 19.6 Å². The molecule has 13 heteroatoms. The molecule has 2 aromatic carbocycles. The molecule has 0 aliphatic carbocycles. The van der Waals surface area contributed by atoms with Gasteiger partial charge in [-0.1, -0.05) is 0 Å². The van der Waals surface area contributed by atoms with Crippen LogP contribution in [-0.2, 0) is 14.3 Å². The van der Waals surface area contributed by atoms with E-state index in [1.807, 2.05) is 0 Å². The molecule has 0 aromatic heterocycles. The second-order valence-corrected chi connectivity index (χ2v) is 7.02. The van der Waals surface area contributed by atoms with E-state index >= 15 is 0 Å². The van der Waals surface area contributed by atoms with Crippen molar-refractivity contribution < 1.29 is 54.1 Å². The third kappa shape index (κ3) is 4.78. The Labute approximate surface area is 174 Å². The summed E-state index contributed by atoms with van der Waals surface area (Å²) in [5.74, 6) is -12.2. The zero-order valence-electron chi connectivity index (χ0n) is 16.0. The maximum absolute atomic E-state index is 13.9. The smallest absolute Gasteiger partial charge is 0.406 e. The fourth-order valence-corrected chi connectivity index (χ4v) is 2.76. The van der Waals surface area contributed by atoms with Crippen molar-refractivity contribution in [2.24, 2.45) is 5.41 Å². The van der Waals surface area contributed by atoms with Gasteiger partial charge in [-0.05, 0) is 31.2 Å². The Morgan fingerprint density at radius 3 is 1.88 bits per heavy atom. The second kappa shape index (κ2) is 8.54. The van der Waals surface area contributed by atoms with Crippen molar-refractivity contribution in [1.29, 1.82) is 0 Å². The Bertz CT molecular complexity index is 988. The summed E-state index contributed by atoms with van der Waals surface area (Å²) in [6, 6.07) is 4.17. The number of amides is 1. The summed E-state index contributed by atoms with van der Waals surface area (Å²) in [7, 11) is 0. The lowest BCUT2D eigenvalue weighted by Crippen LogP contribution is -2.45. The predicted octanol–water partition coefficient (Wildman–Crippen LogP) is 4.97. The highest BCUT2D eigenvalue weighted by molar-refractivity contribution is 5.95. The van der Waals surface area contributed by atoms with E-state index in [-0.39, 0.29) is 5.69 Å². The summed E-state index contributed by atoms with van der Waals surface area (Å²) in [5, 5.41) is 2.39. The maximum Gasteiger partial charge on any atom is 0.573 e. The van der Waals surface area contributed by atoms with Crippen LogP contribution in [0.25, 0.3) is 0 Å². The summed E-state index contributed by atoms with van der Waals surface area (Å²) in [5.41, 5.74) is -2.70. The predicted molar refractivity (Wildman–Crippen MR) is 90.7 cm³/mol. The van der Waals surface area contributed by atoms with Crippen LogP contribution in [0.3, 0.4) is 0 Å². The Hall–Kier alpha value is -2.93. The van der Waals surface area contributed by atoms with Crippen LogP contribution < -0.4 is 10.1 Å². The number of nitrogens with one attached hydrogen (secondary N) is 1. The lowest BCUT2D eigenvalue weighted by molar-refractivity contribution is -0.274. The molecule has 1 fully saturated rings. The van der Waals surface area contributed by atoms with Gasteiger partial charge in [0.1, 0.15) is 5.75 Å². The normalized spacial score (nSPS) is 21.3. The molecule has 0 spiro atoms. The number of anilines is 1. The number of carbonyl (C=O) groups excluding carboxylic acids is 1. The van der Waals surface area contributed by atoms with Gasteiger partial charge in [0.25, 0.3) is 0 Å². The van der Waals surface area contributed by atoms with Crippen LogP contribution in [-0.4, -0.2) is 25.5 Å². The number of benzene rings is 2. The van der Waals surface area contributed by atoms with Crippen molar-refractivity contribution >= 4 is 11.6 Å². The average Bonchev–Trinajstić information content (AvgIpc) is 2.72. The molecule has 1 heterocycles. The van der Waals surface area contributed by atoms with Gasteiger partial charge in [0, 0.05) is 5.69 Å². The first kappa shape index (κ1) is 23.7. The van der Waals surface area contributed by atoms with Crippen molar-refractivity contribution in [1.82, 2.24) is 0 Å². The molecular weight excluding hydrogens is 458 g/mol. The van der Waals surface area contributed by atoms with Gasteiger partial charge in [-0.25, -0.2) is 22.0 Å². The van der Waals surface area contributed by atoms with Gasteiger partial charge < -0.3 is 19.5 Å².